The largest absolute Gasteiger partial charge is 0.324 e. The van der Waals surface area contributed by atoms with Crippen molar-refractivity contribution in [3.05, 3.63) is 73.1 Å². The molecule has 0 spiro atoms. The quantitative estimate of drug-likeness (QED) is 0.790. The molecule has 3 rings (SSSR count). The first-order valence-corrected chi connectivity index (χ1v) is 6.14. The minimum atomic E-state index is -0.275. The second-order valence-corrected chi connectivity index (χ2v) is 4.19. The van der Waals surface area contributed by atoms with E-state index in [9.17, 15) is 4.79 Å². The van der Waals surface area contributed by atoms with Crippen LogP contribution in [0, 0.1) is 0 Å². The Balaban J connectivity index is 1.82. The van der Waals surface area contributed by atoms with Crippen LogP contribution < -0.4 is 5.32 Å². The van der Waals surface area contributed by atoms with Gasteiger partial charge in [0, 0.05) is 36.2 Å². The number of hydrogen-bond acceptors (Lipinski definition) is 3. The van der Waals surface area contributed by atoms with Gasteiger partial charge >= 0.3 is 0 Å². The molecule has 2 heterocycles. The molecule has 0 aliphatic carbocycles. The zero-order chi connectivity index (χ0) is 13.8. The smallest absolute Gasteiger partial charge is 0.275 e. The van der Waals surface area contributed by atoms with Crippen molar-refractivity contribution in [2.75, 3.05) is 5.32 Å². The zero-order valence-electron chi connectivity index (χ0n) is 10.6. The molecule has 0 saturated carbocycles. The summed E-state index contributed by atoms with van der Waals surface area (Å²) >= 11 is 0. The molecule has 20 heavy (non-hydrogen) atoms. The molecule has 1 aromatic carbocycles. The third-order valence-corrected chi connectivity index (χ3v) is 2.80. The Kier molecular flexibility index (Phi) is 3.24. The number of amides is 1. The van der Waals surface area contributed by atoms with Gasteiger partial charge in [0.05, 0.1) is 6.20 Å². The summed E-state index contributed by atoms with van der Waals surface area (Å²) in [5.74, 6) is -0.275. The topological polar surface area (TPSA) is 59.8 Å². The molecule has 1 amide bonds. The highest BCUT2D eigenvalue weighted by Crippen LogP contribution is 2.15. The van der Waals surface area contributed by atoms with Crippen molar-refractivity contribution in [2.45, 2.75) is 0 Å². The molecule has 0 aliphatic rings. The van der Waals surface area contributed by atoms with Crippen LogP contribution in [0.25, 0.3) is 5.69 Å². The van der Waals surface area contributed by atoms with Gasteiger partial charge in [-0.3, -0.25) is 9.78 Å². The van der Waals surface area contributed by atoms with Gasteiger partial charge in [-0.2, -0.15) is 0 Å². The predicted molar refractivity (Wildman–Crippen MR) is 75.8 cm³/mol. The molecule has 3 aromatic rings. The predicted octanol–water partition coefficient (Wildman–Crippen LogP) is 2.52. The molecule has 5 nitrogen and oxygen atoms in total. The monoisotopic (exact) mass is 264 g/mol. The standard InChI is InChI=1S/C15H12N4O/c20-15(14-11-16-6-7-17-14)18-12-4-3-5-13(10-12)19-8-1-2-9-19/h1-11H,(H,18,20). The van der Waals surface area contributed by atoms with Gasteiger partial charge in [-0.25, -0.2) is 4.98 Å². The fourth-order valence-electron chi connectivity index (χ4n) is 1.86. The molecule has 0 aliphatic heterocycles. The van der Waals surface area contributed by atoms with Gasteiger partial charge in [0.15, 0.2) is 0 Å². The lowest BCUT2D eigenvalue weighted by Gasteiger charge is -2.07. The van der Waals surface area contributed by atoms with Gasteiger partial charge in [0.2, 0.25) is 0 Å². The van der Waals surface area contributed by atoms with Crippen molar-refractivity contribution >= 4 is 11.6 Å². The molecule has 0 unspecified atom stereocenters. The molecule has 0 radical (unpaired) electrons. The highest BCUT2D eigenvalue weighted by atomic mass is 16.1. The molecule has 0 atom stereocenters. The van der Waals surface area contributed by atoms with Crippen LogP contribution in [0.4, 0.5) is 5.69 Å². The number of rotatable bonds is 3. The summed E-state index contributed by atoms with van der Waals surface area (Å²) in [6.07, 6.45) is 8.35. The molecular formula is C15H12N4O. The average molecular weight is 264 g/mol. The van der Waals surface area contributed by atoms with E-state index in [4.69, 9.17) is 0 Å². The molecule has 0 fully saturated rings. The molecule has 1 N–H and O–H groups in total. The zero-order valence-corrected chi connectivity index (χ0v) is 10.6. The normalized spacial score (nSPS) is 10.2. The Labute approximate surface area is 115 Å². The Morgan fingerprint density at radius 1 is 1.10 bits per heavy atom. The molecule has 0 saturated heterocycles. The van der Waals surface area contributed by atoms with Crippen LogP contribution in [-0.4, -0.2) is 20.4 Å². The lowest BCUT2D eigenvalue weighted by atomic mass is 10.2. The van der Waals surface area contributed by atoms with Crippen molar-refractivity contribution in [3.8, 4) is 5.69 Å². The Bertz CT molecular complexity index is 708. The van der Waals surface area contributed by atoms with Gasteiger partial charge in [-0.1, -0.05) is 6.07 Å². The number of aromatic nitrogens is 3. The van der Waals surface area contributed by atoms with Crippen molar-refractivity contribution in [3.63, 3.8) is 0 Å². The van der Waals surface area contributed by atoms with Gasteiger partial charge < -0.3 is 9.88 Å². The maximum atomic E-state index is 12.0. The summed E-state index contributed by atoms with van der Waals surface area (Å²) in [7, 11) is 0. The SMILES string of the molecule is O=C(Nc1cccc(-n2cccc2)c1)c1cnccn1. The van der Waals surface area contributed by atoms with E-state index in [2.05, 4.69) is 15.3 Å². The van der Waals surface area contributed by atoms with Crippen molar-refractivity contribution in [1.29, 1.82) is 0 Å². The third kappa shape index (κ3) is 2.56. The minimum absolute atomic E-state index is 0.275. The maximum absolute atomic E-state index is 12.0. The van der Waals surface area contributed by atoms with Gasteiger partial charge in [-0.15, -0.1) is 0 Å². The molecular weight excluding hydrogens is 252 g/mol. The van der Waals surface area contributed by atoms with E-state index in [-0.39, 0.29) is 5.91 Å². The fourth-order valence-corrected chi connectivity index (χ4v) is 1.86. The Morgan fingerprint density at radius 3 is 2.70 bits per heavy atom. The molecule has 5 heteroatoms. The van der Waals surface area contributed by atoms with Gasteiger partial charge in [-0.05, 0) is 30.3 Å². The van der Waals surface area contributed by atoms with E-state index in [0.29, 0.717) is 11.4 Å². The lowest BCUT2D eigenvalue weighted by Crippen LogP contribution is -2.13. The molecule has 98 valence electrons. The number of anilines is 1. The van der Waals surface area contributed by atoms with Crippen LogP contribution in [0.5, 0.6) is 0 Å². The van der Waals surface area contributed by atoms with E-state index in [1.807, 2.05) is 53.4 Å². The Morgan fingerprint density at radius 2 is 1.95 bits per heavy atom. The third-order valence-electron chi connectivity index (χ3n) is 2.80. The van der Waals surface area contributed by atoms with Crippen molar-refractivity contribution in [1.82, 2.24) is 14.5 Å². The first kappa shape index (κ1) is 12.1. The highest BCUT2D eigenvalue weighted by molar-refractivity contribution is 6.02. The number of nitrogens with zero attached hydrogens (tertiary/aromatic N) is 3. The number of carbonyl (C=O) groups is 1. The summed E-state index contributed by atoms with van der Waals surface area (Å²) in [6.45, 7) is 0. The van der Waals surface area contributed by atoms with E-state index in [1.165, 1.54) is 18.6 Å². The van der Waals surface area contributed by atoms with Crippen molar-refractivity contribution in [2.24, 2.45) is 0 Å². The van der Waals surface area contributed by atoms with Gasteiger partial charge in [0.1, 0.15) is 5.69 Å². The van der Waals surface area contributed by atoms with E-state index >= 15 is 0 Å². The second-order valence-electron chi connectivity index (χ2n) is 4.19. The van der Waals surface area contributed by atoms with Crippen LogP contribution >= 0.6 is 0 Å². The van der Waals surface area contributed by atoms with Crippen molar-refractivity contribution < 1.29 is 4.79 Å². The summed E-state index contributed by atoms with van der Waals surface area (Å²) < 4.78 is 1.97. The summed E-state index contributed by atoms with van der Waals surface area (Å²) in [5.41, 5.74) is 1.98. The van der Waals surface area contributed by atoms with Crippen LogP contribution in [-0.2, 0) is 0 Å². The first-order chi connectivity index (χ1) is 9.83. The number of benzene rings is 1. The van der Waals surface area contributed by atoms with E-state index < -0.39 is 0 Å². The second kappa shape index (κ2) is 5.36. The Hall–Kier alpha value is -2.95. The number of hydrogen-bond donors (Lipinski definition) is 1. The van der Waals surface area contributed by atoms with E-state index in [1.54, 1.807) is 0 Å². The van der Waals surface area contributed by atoms with Crippen LogP contribution in [0.3, 0.4) is 0 Å². The van der Waals surface area contributed by atoms with Gasteiger partial charge in [0.25, 0.3) is 5.91 Å². The summed E-state index contributed by atoms with van der Waals surface area (Å²) in [4.78, 5) is 19.8. The fraction of sp³-hybridized carbons (Fsp3) is 0. The number of nitrogens with one attached hydrogen (secondary N) is 1. The summed E-state index contributed by atoms with van der Waals surface area (Å²) in [5, 5.41) is 2.81. The van der Waals surface area contributed by atoms with Crippen LogP contribution in [0.15, 0.2) is 67.4 Å². The van der Waals surface area contributed by atoms with Crippen LogP contribution in [0.2, 0.25) is 0 Å². The summed E-state index contributed by atoms with van der Waals surface area (Å²) in [6, 6.07) is 11.5. The molecule has 0 bridgehead atoms. The maximum Gasteiger partial charge on any atom is 0.275 e. The first-order valence-electron chi connectivity index (χ1n) is 6.14. The number of carbonyl (C=O) groups excluding carboxylic acids is 1. The highest BCUT2D eigenvalue weighted by Gasteiger charge is 2.07. The van der Waals surface area contributed by atoms with Crippen LogP contribution in [0.1, 0.15) is 10.5 Å². The average Bonchev–Trinajstić information content (AvgIpc) is 3.03. The molecule has 2 aromatic heterocycles. The minimum Gasteiger partial charge on any atom is -0.324 e. The lowest BCUT2D eigenvalue weighted by molar-refractivity contribution is 0.102. The van der Waals surface area contributed by atoms with E-state index in [0.717, 1.165) is 5.69 Å².